The summed E-state index contributed by atoms with van der Waals surface area (Å²) in [6.45, 7) is 8.02. The van der Waals surface area contributed by atoms with Crippen LogP contribution in [0.15, 0.2) is 133 Å². The maximum absolute atomic E-state index is 6.83. The molecule has 218 valence electrons. The minimum Gasteiger partial charge on any atom is -0.374 e. The average molecular weight is 581 g/mol. The summed E-state index contributed by atoms with van der Waals surface area (Å²) in [5.74, 6) is 0. The van der Waals surface area contributed by atoms with Gasteiger partial charge in [-0.3, -0.25) is 0 Å². The first kappa shape index (κ1) is 30.3. The summed E-state index contributed by atoms with van der Waals surface area (Å²) >= 11 is 1.79. The SMILES string of the molecule is C=CC[C@@H]1O[C@H](COCc2ccccc2)[C@@H](OCc2ccccc2)[C@H](OCc2ccccc2)[C@H]1Sc1ccc(C)cc1. The molecule has 5 rings (SSSR count). The summed E-state index contributed by atoms with van der Waals surface area (Å²) in [6.07, 6.45) is 1.64. The van der Waals surface area contributed by atoms with Crippen molar-refractivity contribution < 1.29 is 18.9 Å². The number of hydrogen-bond acceptors (Lipinski definition) is 5. The van der Waals surface area contributed by atoms with Crippen LogP contribution in [0.3, 0.4) is 0 Å². The molecule has 0 N–H and O–H groups in total. The van der Waals surface area contributed by atoms with Crippen LogP contribution in [0, 0.1) is 6.92 Å². The largest absolute Gasteiger partial charge is 0.374 e. The van der Waals surface area contributed by atoms with E-state index < -0.39 is 0 Å². The van der Waals surface area contributed by atoms with Gasteiger partial charge in [-0.2, -0.15) is 0 Å². The van der Waals surface area contributed by atoms with Gasteiger partial charge in [-0.05, 0) is 42.2 Å². The molecule has 5 atom stereocenters. The van der Waals surface area contributed by atoms with Crippen molar-refractivity contribution in [2.45, 2.75) is 67.7 Å². The quantitative estimate of drug-likeness (QED) is 0.141. The van der Waals surface area contributed by atoms with Crippen molar-refractivity contribution in [2.75, 3.05) is 6.61 Å². The van der Waals surface area contributed by atoms with E-state index >= 15 is 0 Å². The number of rotatable bonds is 14. The second-order valence-electron chi connectivity index (χ2n) is 10.7. The van der Waals surface area contributed by atoms with E-state index in [0.29, 0.717) is 32.8 Å². The van der Waals surface area contributed by atoms with Crippen molar-refractivity contribution in [1.29, 1.82) is 0 Å². The molecule has 42 heavy (non-hydrogen) atoms. The first-order valence-electron chi connectivity index (χ1n) is 14.6. The third-order valence-corrected chi connectivity index (χ3v) is 8.77. The Hall–Kier alpha value is -3.19. The second-order valence-corrected chi connectivity index (χ2v) is 11.9. The van der Waals surface area contributed by atoms with Gasteiger partial charge in [0.05, 0.1) is 37.8 Å². The Kier molecular flexibility index (Phi) is 11.4. The highest BCUT2D eigenvalue weighted by Crippen LogP contribution is 2.39. The molecule has 4 nitrogen and oxygen atoms in total. The van der Waals surface area contributed by atoms with Crippen LogP contribution < -0.4 is 0 Å². The average Bonchev–Trinajstić information content (AvgIpc) is 3.03. The fourth-order valence-electron chi connectivity index (χ4n) is 5.19. The summed E-state index contributed by atoms with van der Waals surface area (Å²) in [5.41, 5.74) is 4.60. The lowest BCUT2D eigenvalue weighted by molar-refractivity contribution is -0.216. The topological polar surface area (TPSA) is 36.9 Å². The van der Waals surface area contributed by atoms with E-state index in [1.807, 2.05) is 60.7 Å². The molecule has 0 radical (unpaired) electrons. The lowest BCUT2D eigenvalue weighted by Gasteiger charge is -2.46. The minimum absolute atomic E-state index is 0.0134. The zero-order valence-corrected chi connectivity index (χ0v) is 25.0. The van der Waals surface area contributed by atoms with E-state index in [2.05, 4.69) is 74.2 Å². The van der Waals surface area contributed by atoms with Crippen LogP contribution in [-0.2, 0) is 38.8 Å². The molecule has 0 bridgehead atoms. The summed E-state index contributed by atoms with van der Waals surface area (Å²) in [6, 6.07) is 39.5. The van der Waals surface area contributed by atoms with E-state index in [4.69, 9.17) is 18.9 Å². The Morgan fingerprint density at radius 2 is 1.19 bits per heavy atom. The van der Waals surface area contributed by atoms with Crippen molar-refractivity contribution in [3.8, 4) is 0 Å². The lowest BCUT2D eigenvalue weighted by Crippen LogP contribution is -2.59. The van der Waals surface area contributed by atoms with Gasteiger partial charge < -0.3 is 18.9 Å². The molecule has 4 aromatic rings. The third kappa shape index (κ3) is 8.66. The first-order chi connectivity index (χ1) is 20.7. The Morgan fingerprint density at radius 1 is 0.667 bits per heavy atom. The predicted molar refractivity (Wildman–Crippen MR) is 170 cm³/mol. The smallest absolute Gasteiger partial charge is 0.114 e. The van der Waals surface area contributed by atoms with Gasteiger partial charge in [0, 0.05) is 4.90 Å². The molecule has 4 aromatic carbocycles. The Labute approximate surface area is 254 Å². The van der Waals surface area contributed by atoms with Gasteiger partial charge in [-0.15, -0.1) is 18.3 Å². The number of ether oxygens (including phenoxy) is 4. The normalized spacial score (nSPS) is 22.1. The monoisotopic (exact) mass is 580 g/mol. The number of thioether (sulfide) groups is 1. The van der Waals surface area contributed by atoms with Gasteiger partial charge in [-0.1, -0.05) is 115 Å². The highest BCUT2D eigenvalue weighted by atomic mass is 32.2. The molecule has 1 saturated heterocycles. The zero-order chi connectivity index (χ0) is 29.0. The number of aryl methyl sites for hydroxylation is 1. The van der Waals surface area contributed by atoms with E-state index in [1.165, 1.54) is 10.5 Å². The molecule has 0 aromatic heterocycles. The minimum atomic E-state index is -0.339. The molecule has 0 aliphatic carbocycles. The summed E-state index contributed by atoms with van der Waals surface area (Å²) in [7, 11) is 0. The molecule has 1 heterocycles. The fraction of sp³-hybridized carbons (Fsp3) is 0.297. The van der Waals surface area contributed by atoms with Crippen molar-refractivity contribution >= 4 is 11.8 Å². The number of benzene rings is 4. The molecular formula is C37H40O4S. The van der Waals surface area contributed by atoms with Crippen LogP contribution >= 0.6 is 11.8 Å². The maximum atomic E-state index is 6.83. The van der Waals surface area contributed by atoms with Crippen molar-refractivity contribution in [3.05, 3.63) is 150 Å². The van der Waals surface area contributed by atoms with Gasteiger partial charge in [0.15, 0.2) is 0 Å². The molecule has 0 spiro atoms. The van der Waals surface area contributed by atoms with E-state index in [1.54, 1.807) is 11.8 Å². The van der Waals surface area contributed by atoms with Gasteiger partial charge in [-0.25, -0.2) is 0 Å². The predicted octanol–water partition coefficient (Wildman–Crippen LogP) is 8.19. The van der Waals surface area contributed by atoms with Gasteiger partial charge in [0.2, 0.25) is 0 Å². The zero-order valence-electron chi connectivity index (χ0n) is 24.2. The van der Waals surface area contributed by atoms with Gasteiger partial charge >= 0.3 is 0 Å². The van der Waals surface area contributed by atoms with Crippen molar-refractivity contribution in [1.82, 2.24) is 0 Å². The Morgan fingerprint density at radius 3 is 1.74 bits per heavy atom. The third-order valence-electron chi connectivity index (χ3n) is 7.39. The highest BCUT2D eigenvalue weighted by Gasteiger charge is 2.47. The summed E-state index contributed by atoms with van der Waals surface area (Å²) in [5, 5.41) is -0.0134. The number of hydrogen-bond donors (Lipinski definition) is 0. The molecule has 1 aliphatic rings. The molecule has 0 saturated carbocycles. The molecular weight excluding hydrogens is 540 g/mol. The van der Waals surface area contributed by atoms with Crippen LogP contribution in [0.2, 0.25) is 0 Å². The van der Waals surface area contributed by atoms with Gasteiger partial charge in [0.1, 0.15) is 18.3 Å². The van der Waals surface area contributed by atoms with Crippen molar-refractivity contribution in [2.24, 2.45) is 0 Å². The van der Waals surface area contributed by atoms with Gasteiger partial charge in [0.25, 0.3) is 0 Å². The molecule has 0 unspecified atom stereocenters. The van der Waals surface area contributed by atoms with E-state index in [-0.39, 0.29) is 29.7 Å². The summed E-state index contributed by atoms with van der Waals surface area (Å²) in [4.78, 5) is 1.18. The standard InChI is InChI=1S/C37H40O4S/c1-3-13-33-37(42-32-22-20-28(2)21-23-32)36(40-26-31-18-11-6-12-19-31)35(39-25-30-16-9-5-10-17-30)34(41-33)27-38-24-29-14-7-4-8-15-29/h3-12,14-23,33-37H,1,13,24-27H2,2H3/t33-,34+,35+,36-,37-/m0/s1. The van der Waals surface area contributed by atoms with E-state index in [9.17, 15) is 0 Å². The lowest BCUT2D eigenvalue weighted by atomic mass is 9.95. The Balaban J connectivity index is 1.43. The van der Waals surface area contributed by atoms with Crippen LogP contribution in [0.4, 0.5) is 0 Å². The summed E-state index contributed by atoms with van der Waals surface area (Å²) < 4.78 is 26.7. The van der Waals surface area contributed by atoms with Crippen molar-refractivity contribution in [3.63, 3.8) is 0 Å². The highest BCUT2D eigenvalue weighted by molar-refractivity contribution is 8.00. The Bertz CT molecular complexity index is 1330. The second kappa shape index (κ2) is 15.9. The molecule has 1 fully saturated rings. The fourth-order valence-corrected chi connectivity index (χ4v) is 6.49. The first-order valence-corrected chi connectivity index (χ1v) is 15.5. The maximum Gasteiger partial charge on any atom is 0.114 e. The van der Waals surface area contributed by atoms with Crippen LogP contribution in [0.1, 0.15) is 28.7 Å². The van der Waals surface area contributed by atoms with Crippen LogP contribution in [0.5, 0.6) is 0 Å². The van der Waals surface area contributed by atoms with Crippen LogP contribution in [0.25, 0.3) is 0 Å². The van der Waals surface area contributed by atoms with E-state index in [0.717, 1.165) is 16.7 Å². The molecule has 0 amide bonds. The van der Waals surface area contributed by atoms with Crippen LogP contribution in [-0.4, -0.2) is 36.3 Å². The molecule has 1 aliphatic heterocycles. The molecule has 5 heteroatoms.